The zero-order chi connectivity index (χ0) is 14.3. The summed E-state index contributed by atoms with van der Waals surface area (Å²) in [6.45, 7) is 0.881. The minimum absolute atomic E-state index is 0.00358. The number of amides is 2. The van der Waals surface area contributed by atoms with Gasteiger partial charge in [0.1, 0.15) is 0 Å². The van der Waals surface area contributed by atoms with Gasteiger partial charge in [-0.25, -0.2) is 4.79 Å². The van der Waals surface area contributed by atoms with Crippen molar-refractivity contribution in [3.8, 4) is 0 Å². The summed E-state index contributed by atoms with van der Waals surface area (Å²) in [5.74, 6) is -1.94. The molecule has 6 heteroatoms. The van der Waals surface area contributed by atoms with Crippen LogP contribution >= 0.6 is 0 Å². The molecule has 0 aromatic heterocycles. The fourth-order valence-corrected chi connectivity index (χ4v) is 2.58. The number of rotatable bonds is 3. The van der Waals surface area contributed by atoms with E-state index in [0.29, 0.717) is 6.61 Å². The number of imide groups is 1. The predicted octanol–water partition coefficient (Wildman–Crippen LogP) is 1.16. The molecule has 0 unspecified atom stereocenters. The molecule has 20 heavy (non-hydrogen) atoms. The van der Waals surface area contributed by atoms with Crippen LogP contribution in [0.25, 0.3) is 0 Å². The zero-order valence-corrected chi connectivity index (χ0v) is 10.7. The van der Waals surface area contributed by atoms with Gasteiger partial charge in [-0.15, -0.1) is 0 Å². The third-order valence-corrected chi connectivity index (χ3v) is 3.63. The van der Waals surface area contributed by atoms with Crippen LogP contribution in [0.1, 0.15) is 43.9 Å². The van der Waals surface area contributed by atoms with Crippen molar-refractivity contribution in [2.24, 2.45) is 0 Å². The van der Waals surface area contributed by atoms with Gasteiger partial charge < -0.3 is 9.84 Å². The molecular formula is C14H13NO5. The first-order valence-corrected chi connectivity index (χ1v) is 6.43. The van der Waals surface area contributed by atoms with Gasteiger partial charge >= 0.3 is 5.97 Å². The van der Waals surface area contributed by atoms with Crippen LogP contribution in [0.3, 0.4) is 0 Å². The smallest absolute Gasteiger partial charge is 0.335 e. The van der Waals surface area contributed by atoms with Gasteiger partial charge in [-0.3, -0.25) is 14.5 Å². The van der Waals surface area contributed by atoms with E-state index in [2.05, 4.69) is 0 Å². The fraction of sp³-hybridized carbons (Fsp3) is 0.357. The van der Waals surface area contributed by atoms with E-state index >= 15 is 0 Å². The van der Waals surface area contributed by atoms with E-state index < -0.39 is 11.9 Å². The van der Waals surface area contributed by atoms with E-state index in [4.69, 9.17) is 9.84 Å². The largest absolute Gasteiger partial charge is 0.478 e. The molecule has 0 aliphatic carbocycles. The first-order valence-electron chi connectivity index (χ1n) is 6.43. The summed E-state index contributed by atoms with van der Waals surface area (Å²) in [7, 11) is 0. The molecule has 1 fully saturated rings. The maximum Gasteiger partial charge on any atom is 0.335 e. The second-order valence-electron chi connectivity index (χ2n) is 4.92. The van der Waals surface area contributed by atoms with Crippen LogP contribution < -0.4 is 0 Å². The number of benzene rings is 1. The molecule has 104 valence electrons. The zero-order valence-electron chi connectivity index (χ0n) is 10.7. The Balaban J connectivity index is 1.88. The second-order valence-corrected chi connectivity index (χ2v) is 4.92. The molecule has 2 aliphatic heterocycles. The Kier molecular flexibility index (Phi) is 3.02. The molecule has 1 N–H and O–H groups in total. The van der Waals surface area contributed by atoms with Gasteiger partial charge in [0.15, 0.2) is 0 Å². The number of fused-ring (bicyclic) bond motifs is 1. The monoisotopic (exact) mass is 275 g/mol. The van der Waals surface area contributed by atoms with Crippen molar-refractivity contribution in [2.45, 2.75) is 18.9 Å². The van der Waals surface area contributed by atoms with Gasteiger partial charge in [0.05, 0.1) is 29.3 Å². The lowest BCUT2D eigenvalue weighted by molar-refractivity contribution is 0.0475. The van der Waals surface area contributed by atoms with E-state index in [1.165, 1.54) is 18.2 Å². The van der Waals surface area contributed by atoms with Crippen LogP contribution in [0.5, 0.6) is 0 Å². The number of ether oxygens (including phenoxy) is 1. The van der Waals surface area contributed by atoms with Crippen molar-refractivity contribution in [1.29, 1.82) is 0 Å². The summed E-state index contributed by atoms with van der Waals surface area (Å²) < 4.78 is 5.43. The van der Waals surface area contributed by atoms with Crippen molar-refractivity contribution in [2.75, 3.05) is 13.2 Å². The summed E-state index contributed by atoms with van der Waals surface area (Å²) in [5, 5.41) is 8.93. The lowest BCUT2D eigenvalue weighted by Gasteiger charge is -2.17. The van der Waals surface area contributed by atoms with Crippen molar-refractivity contribution in [1.82, 2.24) is 4.90 Å². The Morgan fingerprint density at radius 1 is 1.30 bits per heavy atom. The molecule has 3 rings (SSSR count). The molecule has 6 nitrogen and oxygen atoms in total. The Morgan fingerprint density at radius 3 is 2.70 bits per heavy atom. The maximum absolute atomic E-state index is 12.2. The Labute approximate surface area is 114 Å². The number of carboxylic acid groups (broad SMARTS) is 1. The van der Waals surface area contributed by atoms with Gasteiger partial charge in [-0.05, 0) is 31.0 Å². The second kappa shape index (κ2) is 4.72. The predicted molar refractivity (Wildman–Crippen MR) is 67.7 cm³/mol. The van der Waals surface area contributed by atoms with Crippen LogP contribution in [-0.4, -0.2) is 47.0 Å². The van der Waals surface area contributed by atoms with Crippen LogP contribution in [0, 0.1) is 0 Å². The molecule has 1 saturated heterocycles. The van der Waals surface area contributed by atoms with Gasteiger partial charge in [0.25, 0.3) is 11.8 Å². The first kappa shape index (κ1) is 12.8. The minimum Gasteiger partial charge on any atom is -0.478 e. The van der Waals surface area contributed by atoms with Crippen LogP contribution in [0.4, 0.5) is 0 Å². The van der Waals surface area contributed by atoms with Crippen LogP contribution in [0.2, 0.25) is 0 Å². The SMILES string of the molecule is O=C(O)c1ccc2c(c1)C(=O)N(C[C@@H]1CCCO1)C2=O. The summed E-state index contributed by atoms with van der Waals surface area (Å²) in [4.78, 5) is 36.5. The van der Waals surface area contributed by atoms with E-state index in [1.807, 2.05) is 0 Å². The Bertz CT molecular complexity index is 604. The highest BCUT2D eigenvalue weighted by molar-refractivity contribution is 6.21. The Hall–Kier alpha value is -2.21. The molecule has 1 aromatic carbocycles. The average Bonchev–Trinajstić information content (AvgIpc) is 3.02. The van der Waals surface area contributed by atoms with E-state index in [0.717, 1.165) is 17.7 Å². The average molecular weight is 275 g/mol. The number of hydrogen-bond donors (Lipinski definition) is 1. The summed E-state index contributed by atoms with van der Waals surface area (Å²) in [6, 6.07) is 3.99. The first-order chi connectivity index (χ1) is 9.58. The lowest BCUT2D eigenvalue weighted by atomic mass is 10.1. The Morgan fingerprint density at radius 2 is 2.05 bits per heavy atom. The molecule has 0 saturated carbocycles. The van der Waals surface area contributed by atoms with E-state index in [9.17, 15) is 14.4 Å². The minimum atomic E-state index is -1.12. The molecule has 0 radical (unpaired) electrons. The fourth-order valence-electron chi connectivity index (χ4n) is 2.58. The molecule has 2 amide bonds. The number of carbonyl (C=O) groups is 3. The van der Waals surface area contributed by atoms with Crippen molar-refractivity contribution in [3.05, 3.63) is 34.9 Å². The summed E-state index contributed by atoms with van der Waals surface area (Å²) in [5.41, 5.74) is 0.426. The highest BCUT2D eigenvalue weighted by Gasteiger charge is 2.37. The number of carbonyl (C=O) groups excluding carboxylic acids is 2. The third kappa shape index (κ3) is 1.98. The number of hydrogen-bond acceptors (Lipinski definition) is 4. The molecule has 1 atom stereocenters. The van der Waals surface area contributed by atoms with Crippen molar-refractivity contribution >= 4 is 17.8 Å². The third-order valence-electron chi connectivity index (χ3n) is 3.63. The van der Waals surface area contributed by atoms with Gasteiger partial charge in [0.2, 0.25) is 0 Å². The highest BCUT2D eigenvalue weighted by atomic mass is 16.5. The van der Waals surface area contributed by atoms with Gasteiger partial charge in [-0.2, -0.15) is 0 Å². The van der Waals surface area contributed by atoms with Crippen LogP contribution in [-0.2, 0) is 4.74 Å². The van der Waals surface area contributed by atoms with Crippen LogP contribution in [0.15, 0.2) is 18.2 Å². The molecule has 2 heterocycles. The molecule has 0 spiro atoms. The van der Waals surface area contributed by atoms with E-state index in [1.54, 1.807) is 0 Å². The molecule has 0 bridgehead atoms. The normalized spacial score (nSPS) is 21.4. The molecule has 2 aliphatic rings. The molecular weight excluding hydrogens is 262 g/mol. The van der Waals surface area contributed by atoms with Gasteiger partial charge in [-0.1, -0.05) is 0 Å². The van der Waals surface area contributed by atoms with Gasteiger partial charge in [0, 0.05) is 6.61 Å². The quantitative estimate of drug-likeness (QED) is 0.837. The van der Waals surface area contributed by atoms with Crippen molar-refractivity contribution < 1.29 is 24.2 Å². The maximum atomic E-state index is 12.2. The summed E-state index contributed by atoms with van der Waals surface area (Å²) >= 11 is 0. The number of nitrogens with zero attached hydrogens (tertiary/aromatic N) is 1. The number of aromatic carboxylic acids is 1. The molecule has 1 aromatic rings. The number of carboxylic acids is 1. The topological polar surface area (TPSA) is 83.9 Å². The van der Waals surface area contributed by atoms with E-state index in [-0.39, 0.29) is 35.2 Å². The highest BCUT2D eigenvalue weighted by Crippen LogP contribution is 2.26. The lowest BCUT2D eigenvalue weighted by Crippen LogP contribution is -2.36. The standard InChI is InChI=1S/C14H13NO5/c16-12-10-4-3-8(14(18)19)6-11(10)13(17)15(12)7-9-2-1-5-20-9/h3-4,6,9H,1-2,5,7H2,(H,18,19)/t9-/m0/s1. The van der Waals surface area contributed by atoms with Crippen molar-refractivity contribution in [3.63, 3.8) is 0 Å². The summed E-state index contributed by atoms with van der Waals surface area (Å²) in [6.07, 6.45) is 1.64.